The smallest absolute Gasteiger partial charge is 0.208 e. The minimum Gasteiger partial charge on any atom is -0.451 e. The van der Waals surface area contributed by atoms with Gasteiger partial charge in [0.15, 0.2) is 11.3 Å². The SMILES string of the molecule is O=c1c(Cl)c2oc3ccc(CBr)cc3nc-2c2ccccc12. The molecule has 0 amide bonds. The standard InChI is InChI=1S/C17H9BrClNO2/c18-8-9-5-6-13-12(7-9)20-15-10-3-1-2-4-11(10)16(21)14(19)17(15)22-13/h1-7H,8H2. The van der Waals surface area contributed by atoms with Gasteiger partial charge in [0.1, 0.15) is 16.2 Å². The van der Waals surface area contributed by atoms with E-state index in [9.17, 15) is 4.79 Å². The van der Waals surface area contributed by atoms with Crippen LogP contribution in [0, 0.1) is 0 Å². The summed E-state index contributed by atoms with van der Waals surface area (Å²) in [7, 11) is 0. The molecule has 0 saturated carbocycles. The normalized spacial score (nSPS) is 11.5. The van der Waals surface area contributed by atoms with Gasteiger partial charge in [-0.1, -0.05) is 57.9 Å². The fourth-order valence-corrected chi connectivity index (χ4v) is 3.17. The van der Waals surface area contributed by atoms with Crippen LogP contribution in [0.25, 0.3) is 33.3 Å². The molecule has 0 saturated heterocycles. The van der Waals surface area contributed by atoms with Gasteiger partial charge >= 0.3 is 0 Å². The van der Waals surface area contributed by atoms with E-state index < -0.39 is 0 Å². The highest BCUT2D eigenvalue weighted by Crippen LogP contribution is 2.35. The van der Waals surface area contributed by atoms with E-state index in [2.05, 4.69) is 20.9 Å². The summed E-state index contributed by atoms with van der Waals surface area (Å²) in [5, 5.41) is 2.12. The van der Waals surface area contributed by atoms with Crippen molar-refractivity contribution >= 4 is 49.4 Å². The fourth-order valence-electron chi connectivity index (χ4n) is 2.59. The number of nitrogens with zero attached hydrogens (tertiary/aromatic N) is 1. The number of benzene rings is 3. The van der Waals surface area contributed by atoms with Crippen LogP contribution in [-0.2, 0) is 5.33 Å². The molecule has 5 heteroatoms. The fraction of sp³-hybridized carbons (Fsp3) is 0.0588. The van der Waals surface area contributed by atoms with Crippen LogP contribution in [0.5, 0.6) is 0 Å². The van der Waals surface area contributed by atoms with E-state index in [1.807, 2.05) is 36.4 Å². The molecule has 0 atom stereocenters. The molecule has 108 valence electrons. The third-order valence-electron chi connectivity index (χ3n) is 3.66. The average molecular weight is 375 g/mol. The van der Waals surface area contributed by atoms with Crippen LogP contribution < -0.4 is 5.43 Å². The molecule has 2 aromatic carbocycles. The van der Waals surface area contributed by atoms with Gasteiger partial charge in [-0.3, -0.25) is 4.79 Å². The summed E-state index contributed by atoms with van der Waals surface area (Å²) < 4.78 is 5.86. The highest BCUT2D eigenvalue weighted by atomic mass is 79.9. The van der Waals surface area contributed by atoms with Gasteiger partial charge < -0.3 is 4.42 Å². The molecule has 4 rings (SSSR count). The van der Waals surface area contributed by atoms with E-state index in [0.717, 1.165) is 21.8 Å². The second kappa shape index (κ2) is 5.07. The van der Waals surface area contributed by atoms with E-state index in [1.54, 1.807) is 6.07 Å². The van der Waals surface area contributed by atoms with Crippen LogP contribution in [0.3, 0.4) is 0 Å². The van der Waals surface area contributed by atoms with Crippen LogP contribution in [0.2, 0.25) is 5.02 Å². The molecule has 0 spiro atoms. The summed E-state index contributed by atoms with van der Waals surface area (Å²) in [6.07, 6.45) is 0. The summed E-state index contributed by atoms with van der Waals surface area (Å²) in [6.45, 7) is 0. The molecular weight excluding hydrogens is 366 g/mol. The third kappa shape index (κ3) is 1.95. The molecule has 1 aliphatic heterocycles. The van der Waals surface area contributed by atoms with Gasteiger partial charge in [0.2, 0.25) is 5.43 Å². The Labute approximate surface area is 139 Å². The van der Waals surface area contributed by atoms with Crippen molar-refractivity contribution in [2.45, 2.75) is 5.33 Å². The largest absolute Gasteiger partial charge is 0.451 e. The number of hydrogen-bond donors (Lipinski definition) is 0. The molecule has 0 bridgehead atoms. The van der Waals surface area contributed by atoms with Gasteiger partial charge in [0, 0.05) is 16.1 Å². The van der Waals surface area contributed by atoms with Crippen molar-refractivity contribution in [2.75, 3.05) is 0 Å². The Balaban J connectivity index is 2.24. The Kier molecular flexibility index (Phi) is 3.17. The van der Waals surface area contributed by atoms with E-state index in [0.29, 0.717) is 22.4 Å². The van der Waals surface area contributed by atoms with Crippen molar-refractivity contribution in [3.63, 3.8) is 0 Å². The molecule has 3 nitrogen and oxygen atoms in total. The maximum atomic E-state index is 12.4. The summed E-state index contributed by atoms with van der Waals surface area (Å²) in [4.78, 5) is 17.0. The van der Waals surface area contributed by atoms with Gasteiger partial charge in [-0.05, 0) is 17.7 Å². The second-order valence-electron chi connectivity index (χ2n) is 5.02. The number of rotatable bonds is 1. The van der Waals surface area contributed by atoms with E-state index in [-0.39, 0.29) is 10.5 Å². The van der Waals surface area contributed by atoms with Crippen LogP contribution in [0.15, 0.2) is 51.7 Å². The third-order valence-corrected chi connectivity index (χ3v) is 4.65. The molecule has 0 aromatic heterocycles. The Morgan fingerprint density at radius 3 is 2.68 bits per heavy atom. The van der Waals surface area contributed by atoms with Crippen LogP contribution in [0.1, 0.15) is 5.56 Å². The quantitative estimate of drug-likeness (QED) is 0.268. The Hall–Kier alpha value is -1.91. The molecule has 22 heavy (non-hydrogen) atoms. The minimum absolute atomic E-state index is 0.0765. The van der Waals surface area contributed by atoms with Crippen LogP contribution >= 0.6 is 27.5 Å². The van der Waals surface area contributed by atoms with E-state index >= 15 is 0 Å². The lowest BCUT2D eigenvalue weighted by Gasteiger charge is -2.11. The zero-order chi connectivity index (χ0) is 15.3. The number of alkyl halides is 1. The summed E-state index contributed by atoms with van der Waals surface area (Å²) in [5.41, 5.74) is 2.83. The first-order valence-electron chi connectivity index (χ1n) is 6.68. The molecular formula is C17H9BrClNO2. The Morgan fingerprint density at radius 2 is 1.91 bits per heavy atom. The van der Waals surface area contributed by atoms with Gasteiger partial charge in [-0.25, -0.2) is 4.98 Å². The molecule has 2 aliphatic rings. The zero-order valence-electron chi connectivity index (χ0n) is 11.3. The van der Waals surface area contributed by atoms with Crippen molar-refractivity contribution in [3.8, 4) is 11.5 Å². The first-order chi connectivity index (χ1) is 10.7. The first kappa shape index (κ1) is 13.7. The maximum absolute atomic E-state index is 12.4. The van der Waals surface area contributed by atoms with Crippen LogP contribution in [-0.4, -0.2) is 4.98 Å². The van der Waals surface area contributed by atoms with Gasteiger partial charge in [-0.2, -0.15) is 0 Å². The molecule has 2 aromatic rings. The van der Waals surface area contributed by atoms with Gasteiger partial charge in [0.05, 0.1) is 0 Å². The zero-order valence-corrected chi connectivity index (χ0v) is 13.6. The number of fused-ring (bicyclic) bond motifs is 4. The average Bonchev–Trinajstić information content (AvgIpc) is 2.58. The molecule has 0 N–H and O–H groups in total. The van der Waals surface area contributed by atoms with Gasteiger partial charge in [-0.15, -0.1) is 0 Å². The van der Waals surface area contributed by atoms with Gasteiger partial charge in [0.25, 0.3) is 0 Å². The summed E-state index contributed by atoms with van der Waals surface area (Å²) in [6, 6.07) is 13.0. The van der Waals surface area contributed by atoms with Crippen LogP contribution in [0.4, 0.5) is 0 Å². The molecule has 0 fully saturated rings. The lowest BCUT2D eigenvalue weighted by Crippen LogP contribution is -2.06. The Morgan fingerprint density at radius 1 is 1.14 bits per heavy atom. The van der Waals surface area contributed by atoms with Crippen molar-refractivity contribution in [1.82, 2.24) is 4.98 Å². The Bertz CT molecular complexity index is 1060. The molecule has 1 heterocycles. The second-order valence-corrected chi connectivity index (χ2v) is 5.95. The summed E-state index contributed by atoms with van der Waals surface area (Å²) >= 11 is 9.64. The van der Waals surface area contributed by atoms with Crippen molar-refractivity contribution in [3.05, 3.63) is 63.3 Å². The highest BCUT2D eigenvalue weighted by molar-refractivity contribution is 9.08. The first-order valence-corrected chi connectivity index (χ1v) is 8.18. The monoisotopic (exact) mass is 373 g/mol. The van der Waals surface area contributed by atoms with Crippen molar-refractivity contribution in [2.24, 2.45) is 0 Å². The number of hydrogen-bond acceptors (Lipinski definition) is 3. The summed E-state index contributed by atoms with van der Waals surface area (Å²) in [5.74, 6) is 0.337. The number of halogens is 2. The minimum atomic E-state index is -0.230. The van der Waals surface area contributed by atoms with Crippen molar-refractivity contribution < 1.29 is 4.42 Å². The molecule has 1 aliphatic carbocycles. The topological polar surface area (TPSA) is 43.1 Å². The molecule has 0 radical (unpaired) electrons. The van der Waals surface area contributed by atoms with E-state index in [4.69, 9.17) is 16.0 Å². The maximum Gasteiger partial charge on any atom is 0.208 e. The predicted octanol–water partition coefficient (Wildman–Crippen LogP) is 4.99. The lowest BCUT2D eigenvalue weighted by molar-refractivity contribution is 0.614. The molecule has 0 unspecified atom stereocenters. The number of aromatic nitrogens is 1. The lowest BCUT2D eigenvalue weighted by atomic mass is 10.0. The highest BCUT2D eigenvalue weighted by Gasteiger charge is 2.20. The predicted molar refractivity (Wildman–Crippen MR) is 92.0 cm³/mol. The van der Waals surface area contributed by atoms with E-state index in [1.165, 1.54) is 0 Å². The van der Waals surface area contributed by atoms with Crippen molar-refractivity contribution in [1.29, 1.82) is 0 Å².